The Hall–Kier alpha value is -3.46. The molecule has 1 aromatic heterocycles. The molecule has 0 spiro atoms. The predicted molar refractivity (Wildman–Crippen MR) is 160 cm³/mol. The molecule has 1 aliphatic rings. The van der Waals surface area contributed by atoms with Crippen molar-refractivity contribution in [1.82, 2.24) is 20.0 Å². The Bertz CT molecular complexity index is 1510. The zero-order chi connectivity index (χ0) is 28.4. The van der Waals surface area contributed by atoms with E-state index >= 15 is 0 Å². The van der Waals surface area contributed by atoms with Crippen molar-refractivity contribution in [2.24, 2.45) is 0 Å². The summed E-state index contributed by atoms with van der Waals surface area (Å²) in [4.78, 5) is 2.48. The van der Waals surface area contributed by atoms with Gasteiger partial charge in [0.1, 0.15) is 0 Å². The van der Waals surface area contributed by atoms with Gasteiger partial charge < -0.3 is 24.3 Å². The van der Waals surface area contributed by atoms with Crippen LogP contribution in [0, 0.1) is 6.92 Å². The van der Waals surface area contributed by atoms with Crippen LogP contribution < -0.4 is 24.3 Å². The second-order valence-corrected chi connectivity index (χ2v) is 10.4. The van der Waals surface area contributed by atoms with Crippen LogP contribution in [0.15, 0.2) is 42.5 Å². The van der Waals surface area contributed by atoms with Gasteiger partial charge in [-0.3, -0.25) is 9.58 Å². The predicted octanol–water partition coefficient (Wildman–Crippen LogP) is 5.71. The number of benzene rings is 3. The molecule has 2 heterocycles. The van der Waals surface area contributed by atoms with Crippen LogP contribution in [0.25, 0.3) is 22.0 Å². The maximum Gasteiger partial charge on any atom is 0.169 e. The van der Waals surface area contributed by atoms with E-state index < -0.39 is 0 Å². The minimum Gasteiger partial charge on any atom is -0.493 e. The van der Waals surface area contributed by atoms with Crippen LogP contribution in [-0.2, 0) is 6.54 Å². The lowest BCUT2D eigenvalue weighted by molar-refractivity contribution is 0.183. The molecule has 0 aliphatic carbocycles. The van der Waals surface area contributed by atoms with Crippen molar-refractivity contribution in [3.63, 3.8) is 0 Å². The fraction of sp³-hybridized carbons (Fsp3) is 0.387. The zero-order valence-corrected chi connectivity index (χ0v) is 24.8. The number of hydrogen-bond donors (Lipinski definition) is 1. The number of rotatable bonds is 9. The molecule has 4 aromatic rings. The van der Waals surface area contributed by atoms with Crippen LogP contribution in [0.3, 0.4) is 0 Å². The van der Waals surface area contributed by atoms with Gasteiger partial charge in [-0.05, 0) is 48.7 Å². The van der Waals surface area contributed by atoms with E-state index in [4.69, 9.17) is 35.6 Å². The summed E-state index contributed by atoms with van der Waals surface area (Å²) in [6, 6.07) is 14.0. The molecule has 1 atom stereocenters. The molecule has 212 valence electrons. The molecule has 5 rings (SSSR count). The van der Waals surface area contributed by atoms with Crippen molar-refractivity contribution in [2.75, 3.05) is 54.6 Å². The van der Waals surface area contributed by atoms with E-state index in [1.165, 1.54) is 0 Å². The molecular formula is C31H37ClN4O4. The standard InChI is InChI=1S/C31H37ClN4O4/c1-19-22(8-7-9-23(19)32)28-29-24(17-27(39-5)31(28)40-6)36(18-21-10-11-25(37-3)26(16-21)38-4)34-30(29)20(2)35-14-12-33-13-15-35/h7-11,16-17,20,33H,12-15,18H2,1-6H3. The third-order valence-corrected chi connectivity index (χ3v) is 8.23. The monoisotopic (exact) mass is 564 g/mol. The lowest BCUT2D eigenvalue weighted by Crippen LogP contribution is -2.44. The summed E-state index contributed by atoms with van der Waals surface area (Å²) < 4.78 is 25.0. The summed E-state index contributed by atoms with van der Waals surface area (Å²) in [5.41, 5.74) is 5.90. The first kappa shape index (κ1) is 28.1. The van der Waals surface area contributed by atoms with E-state index in [9.17, 15) is 0 Å². The molecule has 1 N–H and O–H groups in total. The van der Waals surface area contributed by atoms with Crippen LogP contribution in [0.5, 0.6) is 23.0 Å². The Labute approximate surface area is 240 Å². The Morgan fingerprint density at radius 1 is 0.925 bits per heavy atom. The molecule has 9 heteroatoms. The van der Waals surface area contributed by atoms with Gasteiger partial charge in [0.2, 0.25) is 0 Å². The second-order valence-electron chi connectivity index (χ2n) is 9.99. The molecule has 0 radical (unpaired) electrons. The molecule has 1 aliphatic heterocycles. The smallest absolute Gasteiger partial charge is 0.169 e. The summed E-state index contributed by atoms with van der Waals surface area (Å²) in [6.45, 7) is 8.61. The first-order valence-corrected chi connectivity index (χ1v) is 13.9. The highest BCUT2D eigenvalue weighted by Gasteiger charge is 2.29. The summed E-state index contributed by atoms with van der Waals surface area (Å²) in [5.74, 6) is 2.68. The van der Waals surface area contributed by atoms with Gasteiger partial charge in [0, 0.05) is 48.2 Å². The second kappa shape index (κ2) is 12.0. The fourth-order valence-corrected chi connectivity index (χ4v) is 5.79. The zero-order valence-electron chi connectivity index (χ0n) is 24.0. The van der Waals surface area contributed by atoms with E-state index in [1.807, 2.05) is 43.3 Å². The molecular weight excluding hydrogens is 528 g/mol. The number of hydrogen-bond acceptors (Lipinski definition) is 7. The van der Waals surface area contributed by atoms with E-state index in [0.29, 0.717) is 34.6 Å². The van der Waals surface area contributed by atoms with Crippen molar-refractivity contribution in [3.8, 4) is 34.1 Å². The SMILES string of the molecule is COc1ccc(Cn2nc(C(C)N3CCNCC3)c3c(-c4cccc(Cl)c4C)c(OC)c(OC)cc32)cc1OC. The van der Waals surface area contributed by atoms with Crippen LogP contribution in [0.2, 0.25) is 5.02 Å². The minimum atomic E-state index is 0.0765. The van der Waals surface area contributed by atoms with Crippen molar-refractivity contribution < 1.29 is 18.9 Å². The number of piperazine rings is 1. The first-order valence-electron chi connectivity index (χ1n) is 13.5. The highest BCUT2D eigenvalue weighted by molar-refractivity contribution is 6.31. The maximum absolute atomic E-state index is 6.64. The quantitative estimate of drug-likeness (QED) is 0.279. The summed E-state index contributed by atoms with van der Waals surface area (Å²) >= 11 is 6.64. The van der Waals surface area contributed by atoms with Crippen molar-refractivity contribution >= 4 is 22.5 Å². The number of nitrogens with one attached hydrogen (secondary N) is 1. The summed E-state index contributed by atoms with van der Waals surface area (Å²) in [5, 5.41) is 10.5. The van der Waals surface area contributed by atoms with Gasteiger partial charge in [-0.15, -0.1) is 0 Å². The Kier molecular flexibility index (Phi) is 8.40. The summed E-state index contributed by atoms with van der Waals surface area (Å²) in [6.07, 6.45) is 0. The van der Waals surface area contributed by atoms with E-state index in [-0.39, 0.29) is 6.04 Å². The van der Waals surface area contributed by atoms with Gasteiger partial charge >= 0.3 is 0 Å². The normalized spacial score (nSPS) is 14.8. The Morgan fingerprint density at radius 2 is 1.65 bits per heavy atom. The highest BCUT2D eigenvalue weighted by atomic mass is 35.5. The average Bonchev–Trinajstić information content (AvgIpc) is 3.35. The molecule has 1 fully saturated rings. The number of halogens is 1. The lowest BCUT2D eigenvalue weighted by atomic mass is 9.93. The maximum atomic E-state index is 6.64. The van der Waals surface area contributed by atoms with Gasteiger partial charge in [-0.2, -0.15) is 5.10 Å². The third-order valence-electron chi connectivity index (χ3n) is 7.82. The van der Waals surface area contributed by atoms with Gasteiger partial charge in [0.25, 0.3) is 0 Å². The largest absolute Gasteiger partial charge is 0.493 e. The van der Waals surface area contributed by atoms with Crippen LogP contribution >= 0.6 is 11.6 Å². The summed E-state index contributed by atoms with van der Waals surface area (Å²) in [7, 11) is 6.63. The number of nitrogens with zero attached hydrogens (tertiary/aromatic N) is 3. The number of fused-ring (bicyclic) bond motifs is 1. The van der Waals surface area contributed by atoms with Crippen molar-refractivity contribution in [3.05, 3.63) is 64.3 Å². The number of aromatic nitrogens is 2. The van der Waals surface area contributed by atoms with Crippen LogP contribution in [0.4, 0.5) is 0 Å². The molecule has 0 amide bonds. The molecule has 1 unspecified atom stereocenters. The molecule has 1 saturated heterocycles. The van der Waals surface area contributed by atoms with E-state index in [1.54, 1.807) is 28.4 Å². The molecule has 3 aromatic carbocycles. The molecule has 40 heavy (non-hydrogen) atoms. The molecule has 0 saturated carbocycles. The van der Waals surface area contributed by atoms with Gasteiger partial charge in [0.15, 0.2) is 23.0 Å². The molecule has 0 bridgehead atoms. The van der Waals surface area contributed by atoms with E-state index in [2.05, 4.69) is 27.9 Å². The third kappa shape index (κ3) is 5.07. The molecule has 8 nitrogen and oxygen atoms in total. The highest BCUT2D eigenvalue weighted by Crippen LogP contribution is 2.48. The van der Waals surface area contributed by atoms with E-state index in [0.717, 1.165) is 65.0 Å². The van der Waals surface area contributed by atoms with Gasteiger partial charge in [0.05, 0.1) is 52.2 Å². The van der Waals surface area contributed by atoms with Crippen LogP contribution in [0.1, 0.15) is 29.8 Å². The fourth-order valence-electron chi connectivity index (χ4n) is 5.62. The Balaban J connectivity index is 1.79. The van der Waals surface area contributed by atoms with Crippen LogP contribution in [-0.4, -0.2) is 69.3 Å². The number of methoxy groups -OCH3 is 4. The first-order chi connectivity index (χ1) is 19.4. The lowest BCUT2D eigenvalue weighted by Gasteiger charge is -2.32. The van der Waals surface area contributed by atoms with Crippen molar-refractivity contribution in [1.29, 1.82) is 0 Å². The van der Waals surface area contributed by atoms with Gasteiger partial charge in [-0.1, -0.05) is 29.8 Å². The Morgan fingerprint density at radius 3 is 2.33 bits per heavy atom. The van der Waals surface area contributed by atoms with Gasteiger partial charge in [-0.25, -0.2) is 0 Å². The average molecular weight is 565 g/mol. The topological polar surface area (TPSA) is 70.0 Å². The number of ether oxygens (including phenoxy) is 4. The minimum absolute atomic E-state index is 0.0765. The van der Waals surface area contributed by atoms with Crippen molar-refractivity contribution in [2.45, 2.75) is 26.4 Å².